The van der Waals surface area contributed by atoms with Gasteiger partial charge >= 0.3 is 5.97 Å². The van der Waals surface area contributed by atoms with Gasteiger partial charge in [0.2, 0.25) is 0 Å². The van der Waals surface area contributed by atoms with Crippen molar-refractivity contribution in [3.05, 3.63) is 35.7 Å². The van der Waals surface area contributed by atoms with Crippen LogP contribution >= 0.6 is 23.1 Å². The third-order valence-electron chi connectivity index (χ3n) is 2.77. The number of hydrogen-bond donors (Lipinski definition) is 2. The molecule has 2 atom stereocenters. The van der Waals surface area contributed by atoms with Crippen LogP contribution in [-0.2, 0) is 4.79 Å². The van der Waals surface area contributed by atoms with E-state index >= 15 is 0 Å². The van der Waals surface area contributed by atoms with Gasteiger partial charge < -0.3 is 5.11 Å². The first-order valence-corrected chi connectivity index (χ1v) is 7.57. The highest BCUT2D eigenvalue weighted by atomic mass is 32.2. The molecule has 1 aliphatic heterocycles. The first-order valence-electron chi connectivity index (χ1n) is 5.70. The van der Waals surface area contributed by atoms with E-state index in [0.717, 1.165) is 15.4 Å². The second kappa shape index (κ2) is 5.28. The van der Waals surface area contributed by atoms with E-state index in [0.29, 0.717) is 5.75 Å². The molecule has 1 fully saturated rings. The Morgan fingerprint density at radius 1 is 1.47 bits per heavy atom. The average Bonchev–Trinajstić information content (AvgIpc) is 3.09. The summed E-state index contributed by atoms with van der Waals surface area (Å²) in [5, 5.41) is 12.9. The van der Waals surface area contributed by atoms with Crippen LogP contribution in [0.2, 0.25) is 0 Å². The summed E-state index contributed by atoms with van der Waals surface area (Å²) in [4.78, 5) is 20.4. The van der Waals surface area contributed by atoms with Gasteiger partial charge in [-0.3, -0.25) is 15.1 Å². The number of nitrogens with zero attached hydrogens (tertiary/aromatic N) is 2. The van der Waals surface area contributed by atoms with Gasteiger partial charge in [0, 0.05) is 29.9 Å². The van der Waals surface area contributed by atoms with Crippen LogP contribution in [0.25, 0.3) is 10.4 Å². The lowest BCUT2D eigenvalue weighted by Gasteiger charge is -2.06. The molecule has 2 N–H and O–H groups in total. The Hall–Kier alpha value is -1.44. The number of rotatable bonds is 3. The van der Waals surface area contributed by atoms with Crippen molar-refractivity contribution in [1.82, 2.24) is 15.3 Å². The van der Waals surface area contributed by atoms with Crippen LogP contribution in [0.3, 0.4) is 0 Å². The number of aromatic nitrogens is 2. The van der Waals surface area contributed by atoms with Crippen LogP contribution in [0.4, 0.5) is 0 Å². The van der Waals surface area contributed by atoms with Crippen molar-refractivity contribution in [2.24, 2.45) is 0 Å². The summed E-state index contributed by atoms with van der Waals surface area (Å²) in [6.45, 7) is 0. The maximum atomic E-state index is 10.9. The van der Waals surface area contributed by atoms with Gasteiger partial charge in [0.05, 0.1) is 4.88 Å². The summed E-state index contributed by atoms with van der Waals surface area (Å²) in [5.74, 6) is -0.235. The average molecular weight is 293 g/mol. The van der Waals surface area contributed by atoms with Crippen LogP contribution in [0.15, 0.2) is 30.7 Å². The van der Waals surface area contributed by atoms with Gasteiger partial charge in [-0.25, -0.2) is 4.98 Å². The summed E-state index contributed by atoms with van der Waals surface area (Å²) in [6, 6.07) is 3.39. The Labute approximate surface area is 118 Å². The Morgan fingerprint density at radius 3 is 3.05 bits per heavy atom. The molecular weight excluding hydrogens is 282 g/mol. The Morgan fingerprint density at radius 2 is 2.37 bits per heavy atom. The van der Waals surface area contributed by atoms with Crippen molar-refractivity contribution < 1.29 is 9.90 Å². The summed E-state index contributed by atoms with van der Waals surface area (Å²) in [7, 11) is 0. The molecule has 19 heavy (non-hydrogen) atoms. The molecule has 0 spiro atoms. The minimum atomic E-state index is -0.806. The molecule has 5 nitrogen and oxygen atoms in total. The van der Waals surface area contributed by atoms with Gasteiger partial charge in [0.15, 0.2) is 0 Å². The number of aliphatic carboxylic acids is 1. The molecule has 2 unspecified atom stereocenters. The molecule has 2 aromatic heterocycles. The van der Waals surface area contributed by atoms with Crippen molar-refractivity contribution in [3.63, 3.8) is 0 Å². The molecule has 3 heterocycles. The molecule has 1 saturated heterocycles. The third kappa shape index (κ3) is 2.63. The molecule has 0 radical (unpaired) electrons. The molecule has 0 bridgehead atoms. The highest BCUT2D eigenvalue weighted by molar-refractivity contribution is 7.99. The van der Waals surface area contributed by atoms with Crippen LogP contribution in [0.5, 0.6) is 0 Å². The van der Waals surface area contributed by atoms with Crippen molar-refractivity contribution >= 4 is 29.1 Å². The second-order valence-electron chi connectivity index (χ2n) is 4.08. The van der Waals surface area contributed by atoms with Crippen LogP contribution in [0, 0.1) is 0 Å². The lowest BCUT2D eigenvalue weighted by Crippen LogP contribution is -2.33. The summed E-state index contributed by atoms with van der Waals surface area (Å²) in [6.07, 6.45) is 5.34. The molecule has 3 rings (SSSR count). The van der Waals surface area contributed by atoms with Gasteiger partial charge in [-0.05, 0) is 6.07 Å². The molecule has 0 saturated carbocycles. The quantitative estimate of drug-likeness (QED) is 0.901. The van der Waals surface area contributed by atoms with E-state index in [9.17, 15) is 4.79 Å². The van der Waals surface area contributed by atoms with E-state index in [1.54, 1.807) is 35.5 Å². The van der Waals surface area contributed by atoms with E-state index < -0.39 is 12.0 Å². The Balaban J connectivity index is 1.78. The normalized spacial score (nSPS) is 22.5. The fourth-order valence-corrected chi connectivity index (χ4v) is 4.09. The fourth-order valence-electron chi connectivity index (χ4n) is 1.81. The van der Waals surface area contributed by atoms with Crippen molar-refractivity contribution in [2.75, 3.05) is 5.75 Å². The number of hydrogen-bond acceptors (Lipinski definition) is 6. The fraction of sp³-hybridized carbons (Fsp3) is 0.250. The Kier molecular flexibility index (Phi) is 3.50. The molecule has 0 aromatic carbocycles. The summed E-state index contributed by atoms with van der Waals surface area (Å²) < 4.78 is 0. The molecule has 1 aliphatic rings. The van der Waals surface area contributed by atoms with E-state index in [2.05, 4.69) is 15.3 Å². The number of thioether (sulfide) groups is 1. The highest BCUT2D eigenvalue weighted by Gasteiger charge is 2.31. The van der Waals surface area contributed by atoms with Crippen molar-refractivity contribution in [2.45, 2.75) is 11.4 Å². The summed E-state index contributed by atoms with van der Waals surface area (Å²) >= 11 is 3.15. The zero-order valence-corrected chi connectivity index (χ0v) is 11.4. The van der Waals surface area contributed by atoms with Crippen LogP contribution in [0.1, 0.15) is 10.4 Å². The van der Waals surface area contributed by atoms with E-state index in [4.69, 9.17) is 5.11 Å². The van der Waals surface area contributed by atoms with Crippen molar-refractivity contribution in [3.8, 4) is 10.4 Å². The minimum absolute atomic E-state index is 0.0310. The minimum Gasteiger partial charge on any atom is -0.480 e. The molecule has 7 heteroatoms. The molecule has 0 aliphatic carbocycles. The lowest BCUT2D eigenvalue weighted by molar-refractivity contribution is -0.138. The van der Waals surface area contributed by atoms with Gasteiger partial charge in [0.25, 0.3) is 0 Å². The molecule has 0 amide bonds. The van der Waals surface area contributed by atoms with Gasteiger partial charge in [-0.15, -0.1) is 23.1 Å². The predicted molar refractivity (Wildman–Crippen MR) is 75.1 cm³/mol. The Bertz CT molecular complexity index is 588. The number of carboxylic acid groups (broad SMARTS) is 1. The first-order chi connectivity index (χ1) is 9.24. The molecular formula is C12H11N3O2S2. The van der Waals surface area contributed by atoms with Gasteiger partial charge in [-0.1, -0.05) is 6.07 Å². The van der Waals surface area contributed by atoms with Gasteiger partial charge in [0.1, 0.15) is 16.4 Å². The smallest absolute Gasteiger partial charge is 0.321 e. The first kappa shape index (κ1) is 12.6. The van der Waals surface area contributed by atoms with Crippen molar-refractivity contribution in [1.29, 1.82) is 0 Å². The predicted octanol–water partition coefficient (Wildman–Crippen LogP) is 1.99. The zero-order chi connectivity index (χ0) is 13.2. The number of carbonyl (C=O) groups is 1. The highest BCUT2D eigenvalue weighted by Crippen LogP contribution is 2.37. The van der Waals surface area contributed by atoms with Crippen LogP contribution < -0.4 is 5.32 Å². The summed E-state index contributed by atoms with van der Waals surface area (Å²) in [5.41, 5.74) is 1.03. The van der Waals surface area contributed by atoms with E-state index in [1.165, 1.54) is 0 Å². The monoisotopic (exact) mass is 293 g/mol. The number of carboxylic acids is 1. The number of pyridine rings is 1. The maximum Gasteiger partial charge on any atom is 0.321 e. The largest absolute Gasteiger partial charge is 0.480 e. The molecule has 2 aromatic rings. The standard InChI is InChI=1S/C12H11N3O2S2/c16-12(17)8-6-18-11(15-8)10-14-5-9(19-10)7-2-1-3-13-4-7/h1-5,8,11,15H,6H2,(H,16,17). The SMILES string of the molecule is O=C(O)C1CSC(c2ncc(-c3cccnc3)s2)N1. The van der Waals surface area contributed by atoms with Crippen LogP contribution in [-0.4, -0.2) is 32.8 Å². The van der Waals surface area contributed by atoms with E-state index in [-0.39, 0.29) is 5.37 Å². The number of nitrogens with one attached hydrogen (secondary N) is 1. The van der Waals surface area contributed by atoms with Gasteiger partial charge in [-0.2, -0.15) is 0 Å². The second-order valence-corrected chi connectivity index (χ2v) is 6.28. The van der Waals surface area contributed by atoms with E-state index in [1.807, 2.05) is 18.3 Å². The lowest BCUT2D eigenvalue weighted by atomic mass is 10.3. The maximum absolute atomic E-state index is 10.9. The number of thiazole rings is 1. The molecule has 98 valence electrons. The third-order valence-corrected chi connectivity index (χ3v) is 5.25. The topological polar surface area (TPSA) is 75.1 Å². The zero-order valence-electron chi connectivity index (χ0n) is 9.81.